The van der Waals surface area contributed by atoms with Crippen LogP contribution in [0.1, 0.15) is 222 Å². The Morgan fingerprint density at radius 2 is 0.700 bits per heavy atom. The van der Waals surface area contributed by atoms with Crippen LogP contribution in [0.3, 0.4) is 0 Å². The summed E-state index contributed by atoms with van der Waals surface area (Å²) in [6.45, 7) is 36.5. The van der Waals surface area contributed by atoms with Crippen molar-refractivity contribution < 1.29 is 117 Å². The Morgan fingerprint density at radius 1 is 0.364 bits per heavy atom. The van der Waals surface area contributed by atoms with Gasteiger partial charge in [0.05, 0.1) is 91.5 Å². The number of cyclic esters (lactones) is 3. The number of nitrogens with zero attached hydrogens (tertiary/aromatic N) is 3. The highest BCUT2D eigenvalue weighted by atomic mass is 16.7. The lowest BCUT2D eigenvalue weighted by atomic mass is 9.78. The quantitative estimate of drug-likeness (QED) is 0.0708. The van der Waals surface area contributed by atoms with E-state index < -0.39 is 188 Å². The fourth-order valence-electron chi connectivity index (χ4n) is 17.3. The molecule has 6 heterocycles. The van der Waals surface area contributed by atoms with E-state index in [2.05, 4.69) is 0 Å². The molecular formula is C83H151N3O24. The second kappa shape index (κ2) is 45.4. The van der Waals surface area contributed by atoms with E-state index in [0.29, 0.717) is 57.8 Å². The molecule has 6 aliphatic heterocycles. The van der Waals surface area contributed by atoms with Gasteiger partial charge in [0, 0.05) is 90.6 Å². The maximum absolute atomic E-state index is 13.2. The van der Waals surface area contributed by atoms with Crippen molar-refractivity contribution in [2.75, 3.05) is 42.3 Å². The van der Waals surface area contributed by atoms with E-state index in [1.54, 1.807) is 55.4 Å². The maximum atomic E-state index is 13.2. The van der Waals surface area contributed by atoms with Crippen LogP contribution in [0, 0.1) is 82.9 Å². The molecule has 0 aromatic heterocycles. The SMILES string of the molecule is CC[C@@H]1C[C@H](O)[C@@H](C)C(=O)[C@H](C)C[C@H](C)[C@H](OC2OC(C)CC(N(C)C)C2O)[C@@H](C)[C@H](O)[C@@H](C)C(=O)O1.CC[C@H]1OC(=O)C[C@@H](O)[C@H](C)[C@@H](OC2OC(C)CC(N(C)C)C2O)[C@@H](C)CCC(=O)[C@H](C)[C@@H](O)[C@H]1C.CC[C@H]1OC(=O)[C@H](C)[C@@H](O)[C@H](C)[C@@H](OC2OC(C)CC(N(C)C)C2O)[C@@H](C)CCC(=O)[C@H](C)[C@@H](O)[C@H]1C. The average Bonchev–Trinajstić information content (AvgIpc) is 0.815. The third-order valence-corrected chi connectivity index (χ3v) is 25.6. The zero-order chi connectivity index (χ0) is 83.7. The first-order valence-corrected chi connectivity index (χ1v) is 41.4. The van der Waals surface area contributed by atoms with Crippen molar-refractivity contribution in [2.24, 2.45) is 82.9 Å². The number of aliphatic hydroxyl groups is 9. The predicted molar refractivity (Wildman–Crippen MR) is 414 cm³/mol. The summed E-state index contributed by atoms with van der Waals surface area (Å²) < 4.78 is 54.2. The molecular weight excluding hydrogens is 1420 g/mol. The summed E-state index contributed by atoms with van der Waals surface area (Å²) in [5.74, 6) is -8.66. The second-order valence-corrected chi connectivity index (χ2v) is 35.1. The molecule has 0 aromatic carbocycles. The van der Waals surface area contributed by atoms with Crippen molar-refractivity contribution in [1.29, 1.82) is 0 Å². The molecule has 9 N–H and O–H groups in total. The molecule has 0 aliphatic carbocycles. The zero-order valence-corrected chi connectivity index (χ0v) is 71.6. The topological polar surface area (TPSA) is 377 Å². The first kappa shape index (κ1) is 99.1. The maximum Gasteiger partial charge on any atom is 0.311 e. The van der Waals surface area contributed by atoms with Gasteiger partial charge in [-0.25, -0.2) is 0 Å². The summed E-state index contributed by atoms with van der Waals surface area (Å²) in [6, 6.07) is -0.473. The highest BCUT2D eigenvalue weighted by Gasteiger charge is 2.49. The van der Waals surface area contributed by atoms with Gasteiger partial charge >= 0.3 is 17.9 Å². The Balaban J connectivity index is 0.000000348. The van der Waals surface area contributed by atoms with Crippen molar-refractivity contribution in [3.63, 3.8) is 0 Å². The molecule has 6 aliphatic rings. The van der Waals surface area contributed by atoms with E-state index in [4.69, 9.17) is 42.6 Å². The summed E-state index contributed by atoms with van der Waals surface area (Å²) in [4.78, 5) is 83.8. The number of hydrogen-bond acceptors (Lipinski definition) is 27. The Bertz CT molecular complexity index is 2790. The summed E-state index contributed by atoms with van der Waals surface area (Å²) in [6.07, 6.45) is -10.1. The Hall–Kier alpha value is -3.30. The summed E-state index contributed by atoms with van der Waals surface area (Å²) >= 11 is 0. The van der Waals surface area contributed by atoms with Crippen molar-refractivity contribution in [2.45, 2.75) is 369 Å². The minimum Gasteiger partial charge on any atom is -0.462 e. The van der Waals surface area contributed by atoms with Crippen LogP contribution in [0.25, 0.3) is 0 Å². The zero-order valence-electron chi connectivity index (χ0n) is 71.6. The largest absolute Gasteiger partial charge is 0.462 e. The van der Waals surface area contributed by atoms with Crippen molar-refractivity contribution in [1.82, 2.24) is 14.7 Å². The molecule has 0 radical (unpaired) electrons. The van der Waals surface area contributed by atoms with Gasteiger partial charge in [0.2, 0.25) is 0 Å². The highest BCUT2D eigenvalue weighted by Crippen LogP contribution is 2.39. The van der Waals surface area contributed by atoms with E-state index in [1.807, 2.05) is 140 Å². The van der Waals surface area contributed by atoms with Crippen LogP contribution in [0.5, 0.6) is 0 Å². The summed E-state index contributed by atoms with van der Waals surface area (Å²) in [5.41, 5.74) is 0. The number of rotatable bonds is 12. The number of hydrogen-bond donors (Lipinski definition) is 9. The van der Waals surface area contributed by atoms with Crippen LogP contribution < -0.4 is 0 Å². The Morgan fingerprint density at radius 3 is 1.05 bits per heavy atom. The lowest BCUT2D eigenvalue weighted by Gasteiger charge is -2.44. The molecule has 27 nitrogen and oxygen atoms in total. The molecule has 6 fully saturated rings. The number of carbonyl (C=O) groups excluding carboxylic acids is 6. The Kier molecular flexibility index (Phi) is 40.9. The molecule has 0 spiro atoms. The van der Waals surface area contributed by atoms with Gasteiger partial charge in [-0.05, 0) is 152 Å². The van der Waals surface area contributed by atoms with Crippen LogP contribution in [-0.4, -0.2) is 285 Å². The van der Waals surface area contributed by atoms with Crippen LogP contribution in [0.2, 0.25) is 0 Å². The monoisotopic (exact) mass is 1570 g/mol. The number of carbonyl (C=O) groups is 6. The van der Waals surface area contributed by atoms with Gasteiger partial charge in [0.15, 0.2) is 18.9 Å². The molecule has 0 bridgehead atoms. The molecule has 0 amide bonds. The van der Waals surface area contributed by atoms with E-state index in [0.717, 1.165) is 0 Å². The predicted octanol–water partition coefficient (Wildman–Crippen LogP) is 6.91. The van der Waals surface area contributed by atoms with Crippen molar-refractivity contribution in [3.8, 4) is 0 Å². The highest BCUT2D eigenvalue weighted by molar-refractivity contribution is 5.83. The van der Waals surface area contributed by atoms with Gasteiger partial charge in [0.25, 0.3) is 0 Å². The molecule has 0 aromatic rings. The first-order chi connectivity index (χ1) is 51.2. The number of ether oxygens (including phenoxy) is 9. The first-order valence-electron chi connectivity index (χ1n) is 41.4. The molecule has 110 heavy (non-hydrogen) atoms. The molecule has 6 saturated heterocycles. The summed E-state index contributed by atoms with van der Waals surface area (Å²) in [5, 5.41) is 99.1. The van der Waals surface area contributed by atoms with Crippen molar-refractivity contribution in [3.05, 3.63) is 0 Å². The molecule has 6 rings (SSSR count). The minimum atomic E-state index is -1.09. The lowest BCUT2D eigenvalue weighted by molar-refractivity contribution is -0.283. The molecule has 642 valence electrons. The van der Waals surface area contributed by atoms with E-state index >= 15 is 0 Å². The van der Waals surface area contributed by atoms with Gasteiger partial charge in [-0.1, -0.05) is 104 Å². The Labute approximate surface area is 658 Å². The third-order valence-electron chi connectivity index (χ3n) is 25.6. The minimum absolute atomic E-state index is 0.0619. The standard InChI is InChI=1S/2C28H51NO8.C27H49NO8/c1-10-20-13-22(30)17(5)23(31)14(2)11-15(3)26(18(6)24(32)19(7)27(34)36-20)37-28-25(33)21(29(8)9)12-16(4)35-28;1-10-22-17(5)23(31)16(4)21(30)12-11-14(2)26(18(6)24(32)19(7)27(34)36-22)37-28-25(33)20(29(8)9)13-15(3)35-28;1-9-22-18(6)24(32)16(4)20(29)11-10-14(2)26(17(5)21(30)13-23(31)35-22)36-27-25(33)19(28(7)8)12-15(3)34-27/h14-22,24-26,28,30,32-33H,10-13H2,1-9H3;14-20,22-26,28,31-33H,10-13H2,1-9H3;14-19,21-22,24-27,30,32-33H,9-13H2,1-8H3/t14-,15+,16?,17-,18+,19-,20-,21?,22+,24+,25?,26+,28?;14-,15?,16-,17-,18-,19+,20?,22+,23+,24-,25?,26-,28?;14-,15?,16-,17-,18-,19?,21+,22+,24+,25?,26-,27?/m100/s1. The summed E-state index contributed by atoms with van der Waals surface area (Å²) in [7, 11) is 11.4. The smallest absolute Gasteiger partial charge is 0.311 e. The van der Waals surface area contributed by atoms with Gasteiger partial charge in [-0.2, -0.15) is 0 Å². The lowest BCUT2D eigenvalue weighted by Crippen LogP contribution is -2.56. The number of esters is 3. The third kappa shape index (κ3) is 26.9. The van der Waals surface area contributed by atoms with Gasteiger partial charge in [-0.3, -0.25) is 28.8 Å². The van der Waals surface area contributed by atoms with Crippen LogP contribution in [0.15, 0.2) is 0 Å². The number of ketones is 3. The van der Waals surface area contributed by atoms with Crippen molar-refractivity contribution >= 4 is 35.3 Å². The van der Waals surface area contributed by atoms with E-state index in [-0.39, 0.29) is 103 Å². The van der Waals surface area contributed by atoms with Gasteiger partial charge in [-0.15, -0.1) is 0 Å². The number of aliphatic hydroxyl groups excluding tert-OH is 9. The molecule has 0 saturated carbocycles. The number of Topliss-reactive ketones (excluding diaryl/α,β-unsaturated/α-hetero) is 3. The van der Waals surface area contributed by atoms with E-state index in [1.165, 1.54) is 0 Å². The van der Waals surface area contributed by atoms with E-state index in [9.17, 15) is 74.7 Å². The van der Waals surface area contributed by atoms with Crippen LogP contribution in [0.4, 0.5) is 0 Å². The molecule has 27 heteroatoms. The van der Waals surface area contributed by atoms with Gasteiger partial charge < -0.3 is 103 Å². The molecule has 12 unspecified atom stereocenters. The number of likely N-dealkylation sites (N-methyl/N-ethyl adjacent to an activating group) is 3. The normalized spacial score (nSPS) is 45.0. The fraction of sp³-hybridized carbons (Fsp3) is 0.928. The molecule has 38 atom stereocenters. The fourth-order valence-corrected chi connectivity index (χ4v) is 17.3. The van der Waals surface area contributed by atoms with Gasteiger partial charge in [0.1, 0.15) is 54.0 Å². The average molecular weight is 1580 g/mol. The van der Waals surface area contributed by atoms with Crippen LogP contribution in [-0.2, 0) is 71.4 Å². The van der Waals surface area contributed by atoms with Crippen LogP contribution >= 0.6 is 0 Å². The second-order valence-electron chi connectivity index (χ2n) is 35.1.